The van der Waals surface area contributed by atoms with Crippen LogP contribution in [-0.2, 0) is 14.3 Å². The zero-order valence-corrected chi connectivity index (χ0v) is 26.7. The second-order valence-corrected chi connectivity index (χ2v) is 11.8. The van der Waals surface area contributed by atoms with Crippen LogP contribution in [-0.4, -0.2) is 95.8 Å². The molecular weight excluding hydrogens is 615 g/mol. The van der Waals surface area contributed by atoms with Gasteiger partial charge in [-0.25, -0.2) is 4.79 Å². The van der Waals surface area contributed by atoms with Gasteiger partial charge in [-0.1, -0.05) is 79.6 Å². The summed E-state index contributed by atoms with van der Waals surface area (Å²) < 4.78 is 5.21. The second kappa shape index (κ2) is 20.7. The van der Waals surface area contributed by atoms with E-state index < -0.39 is 71.9 Å². The van der Waals surface area contributed by atoms with Crippen molar-refractivity contribution in [1.29, 1.82) is 0 Å². The van der Waals surface area contributed by atoms with Gasteiger partial charge in [-0.3, -0.25) is 4.79 Å². The normalized spacial score (nSPS) is 25.3. The zero-order valence-electron chi connectivity index (χ0n) is 25.2. The Labute approximate surface area is 269 Å². The molecule has 0 bridgehead atoms. The average molecular weight is 662 g/mol. The minimum Gasteiger partial charge on any atom is -0.481 e. The Balaban J connectivity index is 2.60. The Morgan fingerprint density at radius 1 is 0.955 bits per heavy atom. The van der Waals surface area contributed by atoms with Crippen LogP contribution in [0.2, 0.25) is 0 Å². The van der Waals surface area contributed by atoms with E-state index in [0.717, 1.165) is 5.57 Å². The molecule has 0 aromatic carbocycles. The van der Waals surface area contributed by atoms with E-state index in [9.17, 15) is 40.2 Å². The Morgan fingerprint density at radius 3 is 2.23 bits per heavy atom. The monoisotopic (exact) mass is 660 g/mol. The molecule has 7 N–H and O–H groups in total. The van der Waals surface area contributed by atoms with Gasteiger partial charge >= 0.3 is 11.9 Å². The van der Waals surface area contributed by atoms with E-state index in [1.807, 2.05) is 13.8 Å². The molecule has 10 nitrogen and oxygen atoms in total. The van der Waals surface area contributed by atoms with Crippen molar-refractivity contribution >= 4 is 35.1 Å². The molecule has 1 fully saturated rings. The molecule has 12 heteroatoms. The molecule has 44 heavy (non-hydrogen) atoms. The lowest BCUT2D eigenvalue weighted by molar-refractivity contribution is -0.159. The van der Waals surface area contributed by atoms with Gasteiger partial charge in [-0.15, -0.1) is 11.6 Å². The number of ether oxygens (including phenoxy) is 1. The minimum absolute atomic E-state index is 0.0705. The molecule has 1 aliphatic rings. The summed E-state index contributed by atoms with van der Waals surface area (Å²) >= 11 is 12.3. The van der Waals surface area contributed by atoms with E-state index in [1.165, 1.54) is 24.3 Å². The standard InChI is InChI=1S/C32H46Cl2O10/c1-4-5-13-24(36)29(34)25(37)18-26(38)31(41)30(40)20(3)22(33)12-8-6-10-19(2)11-7-9-14-28(39)44-27-17-21(32(42)43)15-16-23(27)35/h5-14,20-21,23-27,29-31,35-38,40-41H,4,15-18H2,1-3H3,(H,42,43)/b8-6+,11-7+,13-5+,14-9+,19-10+,22-12-/t20-,21-,23-,24-,25+,26-,27+,29-,30+,31-/m0/s1. The number of carboxylic acids is 1. The number of alkyl halides is 1. The van der Waals surface area contributed by atoms with E-state index in [-0.39, 0.29) is 24.3 Å². The molecular formula is C32H46Cl2O10. The maximum absolute atomic E-state index is 12.0. The van der Waals surface area contributed by atoms with Gasteiger partial charge in [0.25, 0.3) is 0 Å². The second-order valence-electron chi connectivity index (χ2n) is 10.9. The Bertz CT molecular complexity index is 1080. The van der Waals surface area contributed by atoms with Crippen LogP contribution in [0.3, 0.4) is 0 Å². The van der Waals surface area contributed by atoms with Crippen molar-refractivity contribution in [2.45, 2.75) is 101 Å². The summed E-state index contributed by atoms with van der Waals surface area (Å²) in [4.78, 5) is 23.2. The number of allylic oxidation sites excluding steroid dienone is 9. The third kappa shape index (κ3) is 14.2. The number of hydrogen-bond donors (Lipinski definition) is 7. The smallest absolute Gasteiger partial charge is 0.331 e. The first-order chi connectivity index (χ1) is 20.7. The highest BCUT2D eigenvalue weighted by Crippen LogP contribution is 2.27. The van der Waals surface area contributed by atoms with Crippen LogP contribution < -0.4 is 0 Å². The number of aliphatic hydroxyl groups excluding tert-OH is 6. The lowest BCUT2D eigenvalue weighted by Gasteiger charge is -2.30. The number of carbonyl (C=O) groups excluding carboxylic acids is 1. The van der Waals surface area contributed by atoms with E-state index in [4.69, 9.17) is 33.0 Å². The van der Waals surface area contributed by atoms with Crippen LogP contribution in [0, 0.1) is 11.8 Å². The van der Waals surface area contributed by atoms with Gasteiger partial charge in [0.2, 0.25) is 0 Å². The SMILES string of the molecule is CC/C=C/[C@H](O)[C@H](Cl)[C@H](O)C[C@H](O)[C@H](O)[C@H](O)[C@@H](C)/C(Cl)=C/C=C/C=C(C)/C=C/C=C/C(=O)O[C@@H]1C[C@@H](C(=O)O)CC[C@@H]1O. The van der Waals surface area contributed by atoms with Crippen LogP contribution in [0.15, 0.2) is 71.4 Å². The molecule has 0 saturated heterocycles. The predicted molar refractivity (Wildman–Crippen MR) is 169 cm³/mol. The zero-order chi connectivity index (χ0) is 33.4. The summed E-state index contributed by atoms with van der Waals surface area (Å²) in [6, 6.07) is 0. The first kappa shape index (κ1) is 39.7. The summed E-state index contributed by atoms with van der Waals surface area (Å²) in [5, 5.41) is 69.7. The molecule has 0 spiro atoms. The van der Waals surface area contributed by atoms with Crippen molar-refractivity contribution in [2.75, 3.05) is 0 Å². The highest BCUT2D eigenvalue weighted by Gasteiger charge is 2.35. The van der Waals surface area contributed by atoms with E-state index in [1.54, 1.807) is 43.4 Å². The summed E-state index contributed by atoms with van der Waals surface area (Å²) in [6.07, 6.45) is 7.79. The van der Waals surface area contributed by atoms with E-state index in [0.29, 0.717) is 12.8 Å². The fourth-order valence-electron chi connectivity index (χ4n) is 4.37. The molecule has 0 aromatic rings. The van der Waals surface area contributed by atoms with Crippen LogP contribution in [0.5, 0.6) is 0 Å². The number of hydrogen-bond acceptors (Lipinski definition) is 9. The van der Waals surface area contributed by atoms with Crippen molar-refractivity contribution in [3.8, 4) is 0 Å². The van der Waals surface area contributed by atoms with Gasteiger partial charge in [0.05, 0.1) is 41.8 Å². The molecule has 0 heterocycles. The van der Waals surface area contributed by atoms with Crippen LogP contribution >= 0.6 is 23.2 Å². The van der Waals surface area contributed by atoms with Gasteiger partial charge in [0, 0.05) is 29.9 Å². The number of esters is 1. The average Bonchev–Trinajstić information content (AvgIpc) is 2.99. The third-order valence-corrected chi connectivity index (χ3v) is 8.26. The van der Waals surface area contributed by atoms with Crippen molar-refractivity contribution in [1.82, 2.24) is 0 Å². The summed E-state index contributed by atoms with van der Waals surface area (Å²) in [7, 11) is 0. The Kier molecular flexibility index (Phi) is 18.7. The number of carbonyl (C=O) groups is 2. The molecule has 0 radical (unpaired) electrons. The van der Waals surface area contributed by atoms with Gasteiger partial charge < -0.3 is 40.5 Å². The van der Waals surface area contributed by atoms with Gasteiger partial charge in [-0.05, 0) is 32.3 Å². The van der Waals surface area contributed by atoms with Gasteiger partial charge in [-0.2, -0.15) is 0 Å². The minimum atomic E-state index is -1.63. The molecule has 0 aromatic heterocycles. The fraction of sp³-hybridized carbons (Fsp3) is 0.562. The number of aliphatic carboxylic acids is 1. The molecule has 1 saturated carbocycles. The number of aliphatic hydroxyl groups is 6. The van der Waals surface area contributed by atoms with Gasteiger partial charge in [0.15, 0.2) is 0 Å². The lowest BCUT2D eigenvalue weighted by Crippen LogP contribution is -2.44. The molecule has 0 aliphatic heterocycles. The third-order valence-electron chi connectivity index (χ3n) is 7.24. The quantitative estimate of drug-likeness (QED) is 0.0401. The topological polar surface area (TPSA) is 185 Å². The highest BCUT2D eigenvalue weighted by molar-refractivity contribution is 6.30. The molecule has 248 valence electrons. The van der Waals surface area contributed by atoms with Crippen LogP contribution in [0.4, 0.5) is 0 Å². The van der Waals surface area contributed by atoms with E-state index in [2.05, 4.69) is 0 Å². The molecule has 10 atom stereocenters. The Hall–Kier alpha value is -2.28. The van der Waals surface area contributed by atoms with Crippen LogP contribution in [0.1, 0.15) is 52.9 Å². The lowest BCUT2D eigenvalue weighted by atomic mass is 9.85. The van der Waals surface area contributed by atoms with E-state index >= 15 is 0 Å². The number of rotatable bonds is 17. The number of carboxylic acid groups (broad SMARTS) is 1. The predicted octanol–water partition coefficient (Wildman–Crippen LogP) is 3.29. The van der Waals surface area contributed by atoms with Crippen molar-refractivity contribution < 1.29 is 50.1 Å². The molecule has 0 amide bonds. The van der Waals surface area contributed by atoms with Crippen molar-refractivity contribution in [2.24, 2.45) is 11.8 Å². The highest BCUT2D eigenvalue weighted by atomic mass is 35.5. The fourth-order valence-corrected chi connectivity index (χ4v) is 4.76. The van der Waals surface area contributed by atoms with Crippen molar-refractivity contribution in [3.63, 3.8) is 0 Å². The first-order valence-electron chi connectivity index (χ1n) is 14.6. The molecule has 1 aliphatic carbocycles. The van der Waals surface area contributed by atoms with Gasteiger partial charge in [0.1, 0.15) is 12.2 Å². The maximum atomic E-state index is 12.0. The molecule has 0 unspecified atom stereocenters. The van der Waals surface area contributed by atoms with Crippen LogP contribution in [0.25, 0.3) is 0 Å². The summed E-state index contributed by atoms with van der Waals surface area (Å²) in [5.41, 5.74) is 0.814. The largest absolute Gasteiger partial charge is 0.481 e. The Morgan fingerprint density at radius 2 is 1.59 bits per heavy atom. The maximum Gasteiger partial charge on any atom is 0.331 e. The summed E-state index contributed by atoms with van der Waals surface area (Å²) in [5.74, 6) is -3.06. The van der Waals surface area contributed by atoms with Crippen molar-refractivity contribution in [3.05, 3.63) is 71.4 Å². The first-order valence-corrected chi connectivity index (χ1v) is 15.4. The molecule has 1 rings (SSSR count). The summed E-state index contributed by atoms with van der Waals surface area (Å²) in [6.45, 7) is 5.24. The number of halogens is 2.